The number of hydrogen-bond acceptors (Lipinski definition) is 6. The average Bonchev–Trinajstić information content (AvgIpc) is 2.54. The van der Waals surface area contributed by atoms with Gasteiger partial charge in [-0.3, -0.25) is 14.4 Å². The summed E-state index contributed by atoms with van der Waals surface area (Å²) < 4.78 is 11.2. The molecule has 1 saturated carbocycles. The highest BCUT2D eigenvalue weighted by Crippen LogP contribution is 2.46. The molecular formula is C19H23IO6. The Morgan fingerprint density at radius 3 is 2.23 bits per heavy atom. The minimum atomic E-state index is -1.61. The molecule has 0 aromatic heterocycles. The number of esters is 2. The zero-order chi connectivity index (χ0) is 19.5. The van der Waals surface area contributed by atoms with Crippen LogP contribution >= 0.6 is 22.6 Å². The lowest BCUT2D eigenvalue weighted by Gasteiger charge is -2.43. The number of halogens is 1. The minimum Gasteiger partial charge on any atom is -0.466 e. The smallest absolute Gasteiger partial charge is 0.317 e. The van der Waals surface area contributed by atoms with Gasteiger partial charge in [0.05, 0.1) is 24.7 Å². The van der Waals surface area contributed by atoms with Crippen LogP contribution in [0.15, 0.2) is 24.3 Å². The standard InChI is InChI=1S/C19H23IO6/c1-4-25-17(22)15-13(21)10-19(3,24)16(18(23)26-5-2)14(15)11-6-8-12(20)9-7-11/h6-9,14-16,24H,4-5,10H2,1-3H3. The minimum absolute atomic E-state index is 0.127. The van der Waals surface area contributed by atoms with Crippen LogP contribution in [0, 0.1) is 15.4 Å². The molecule has 26 heavy (non-hydrogen) atoms. The van der Waals surface area contributed by atoms with E-state index in [0.717, 1.165) is 3.57 Å². The predicted molar refractivity (Wildman–Crippen MR) is 102 cm³/mol. The SMILES string of the molecule is CCOC(=O)C1C(=O)CC(C)(O)C(C(=O)OCC)C1c1ccc(I)cc1. The molecule has 1 aliphatic rings. The van der Waals surface area contributed by atoms with E-state index in [0.29, 0.717) is 5.56 Å². The lowest BCUT2D eigenvalue weighted by molar-refractivity contribution is -0.172. The Hall–Kier alpha value is -1.48. The highest BCUT2D eigenvalue weighted by molar-refractivity contribution is 14.1. The summed E-state index contributed by atoms with van der Waals surface area (Å²) in [5.74, 6) is -4.77. The van der Waals surface area contributed by atoms with Gasteiger partial charge in [-0.2, -0.15) is 0 Å². The number of Topliss-reactive ketones (excluding diaryl/α,β-unsaturated/α-hetero) is 1. The van der Waals surface area contributed by atoms with Crippen LogP contribution in [0.25, 0.3) is 0 Å². The van der Waals surface area contributed by atoms with Gasteiger partial charge in [0.1, 0.15) is 5.92 Å². The first-order chi connectivity index (χ1) is 12.2. The zero-order valence-electron chi connectivity index (χ0n) is 15.0. The number of aliphatic hydroxyl groups is 1. The number of carbonyl (C=O) groups is 3. The highest BCUT2D eigenvalue weighted by Gasteiger charge is 2.57. The fourth-order valence-electron chi connectivity index (χ4n) is 3.56. The second-order valence-corrected chi connectivity index (χ2v) is 7.78. The van der Waals surface area contributed by atoms with Gasteiger partial charge in [0.2, 0.25) is 0 Å². The Morgan fingerprint density at radius 1 is 1.15 bits per heavy atom. The summed E-state index contributed by atoms with van der Waals surface area (Å²) in [6, 6.07) is 7.18. The van der Waals surface area contributed by atoms with Crippen molar-refractivity contribution in [2.24, 2.45) is 11.8 Å². The number of benzene rings is 1. The Bertz CT molecular complexity index is 682. The van der Waals surface area contributed by atoms with Crippen molar-refractivity contribution in [3.63, 3.8) is 0 Å². The van der Waals surface area contributed by atoms with Gasteiger partial charge in [0.15, 0.2) is 5.78 Å². The predicted octanol–water partition coefficient (Wildman–Crippen LogP) is 2.46. The van der Waals surface area contributed by atoms with Crippen LogP contribution in [0.1, 0.15) is 38.7 Å². The third-order valence-corrected chi connectivity index (χ3v) is 5.32. The summed E-state index contributed by atoms with van der Waals surface area (Å²) in [5, 5.41) is 10.8. The van der Waals surface area contributed by atoms with E-state index in [9.17, 15) is 19.5 Å². The molecule has 7 heteroatoms. The van der Waals surface area contributed by atoms with E-state index >= 15 is 0 Å². The van der Waals surface area contributed by atoms with Crippen molar-refractivity contribution < 1.29 is 29.0 Å². The lowest BCUT2D eigenvalue weighted by Crippen LogP contribution is -2.55. The molecule has 0 saturated heterocycles. The first kappa shape index (κ1) is 20.8. The molecule has 1 fully saturated rings. The summed E-state index contributed by atoms with van der Waals surface area (Å²) >= 11 is 2.14. The van der Waals surface area contributed by atoms with E-state index in [1.54, 1.807) is 26.0 Å². The van der Waals surface area contributed by atoms with Gasteiger partial charge in [0, 0.05) is 15.9 Å². The number of carbonyl (C=O) groups excluding carboxylic acids is 3. The first-order valence-corrected chi connectivity index (χ1v) is 9.64. The molecule has 0 heterocycles. The Balaban J connectivity index is 2.59. The molecule has 0 bridgehead atoms. The van der Waals surface area contributed by atoms with Crippen molar-refractivity contribution >= 4 is 40.3 Å². The molecule has 2 rings (SSSR count). The van der Waals surface area contributed by atoms with Crippen LogP contribution in [-0.2, 0) is 23.9 Å². The quantitative estimate of drug-likeness (QED) is 0.401. The van der Waals surface area contributed by atoms with Crippen LogP contribution in [0.4, 0.5) is 0 Å². The fourth-order valence-corrected chi connectivity index (χ4v) is 3.92. The molecule has 1 N–H and O–H groups in total. The second kappa shape index (κ2) is 8.47. The number of hydrogen-bond donors (Lipinski definition) is 1. The third-order valence-electron chi connectivity index (χ3n) is 4.60. The van der Waals surface area contributed by atoms with Crippen LogP contribution in [0.2, 0.25) is 0 Å². The Morgan fingerprint density at radius 2 is 1.69 bits per heavy atom. The summed E-state index contributed by atoms with van der Waals surface area (Å²) in [6.45, 7) is 5.03. The number of ether oxygens (including phenoxy) is 2. The van der Waals surface area contributed by atoms with Gasteiger partial charge in [0.25, 0.3) is 0 Å². The largest absolute Gasteiger partial charge is 0.466 e. The van der Waals surface area contributed by atoms with Gasteiger partial charge >= 0.3 is 11.9 Å². The van der Waals surface area contributed by atoms with E-state index < -0.39 is 41.1 Å². The van der Waals surface area contributed by atoms with Crippen molar-refractivity contribution in [2.45, 2.75) is 38.7 Å². The normalized spacial score (nSPS) is 28.5. The van der Waals surface area contributed by atoms with Crippen LogP contribution in [0.5, 0.6) is 0 Å². The summed E-state index contributed by atoms with van der Waals surface area (Å²) in [7, 11) is 0. The molecule has 4 atom stereocenters. The van der Waals surface area contributed by atoms with E-state index in [4.69, 9.17) is 9.47 Å². The summed E-state index contributed by atoms with van der Waals surface area (Å²) in [5.41, 5.74) is -0.991. The van der Waals surface area contributed by atoms with E-state index in [-0.39, 0.29) is 19.6 Å². The topological polar surface area (TPSA) is 89.9 Å². The van der Waals surface area contributed by atoms with Crippen LogP contribution in [-0.4, -0.2) is 41.6 Å². The molecule has 0 aliphatic heterocycles. The van der Waals surface area contributed by atoms with Gasteiger partial charge in [-0.05, 0) is 61.1 Å². The van der Waals surface area contributed by atoms with Gasteiger partial charge in [-0.1, -0.05) is 12.1 Å². The molecular weight excluding hydrogens is 451 g/mol. The van der Waals surface area contributed by atoms with Gasteiger partial charge < -0.3 is 14.6 Å². The number of rotatable bonds is 5. The lowest BCUT2D eigenvalue weighted by atomic mass is 9.62. The molecule has 1 aromatic rings. The Kier molecular flexibility index (Phi) is 6.79. The van der Waals surface area contributed by atoms with Gasteiger partial charge in [-0.15, -0.1) is 0 Å². The van der Waals surface area contributed by atoms with Crippen molar-refractivity contribution in [3.05, 3.63) is 33.4 Å². The maximum absolute atomic E-state index is 12.7. The third kappa shape index (κ3) is 4.25. The first-order valence-electron chi connectivity index (χ1n) is 8.56. The summed E-state index contributed by atoms with van der Waals surface area (Å²) in [6.07, 6.45) is -0.305. The highest BCUT2D eigenvalue weighted by atomic mass is 127. The van der Waals surface area contributed by atoms with E-state index in [1.807, 2.05) is 12.1 Å². The zero-order valence-corrected chi connectivity index (χ0v) is 17.2. The van der Waals surface area contributed by atoms with E-state index in [1.165, 1.54) is 6.92 Å². The van der Waals surface area contributed by atoms with Crippen LogP contribution in [0.3, 0.4) is 0 Å². The fraction of sp³-hybridized carbons (Fsp3) is 0.526. The maximum Gasteiger partial charge on any atom is 0.317 e. The van der Waals surface area contributed by atoms with Crippen molar-refractivity contribution in [1.82, 2.24) is 0 Å². The average molecular weight is 474 g/mol. The van der Waals surface area contributed by atoms with Crippen molar-refractivity contribution in [2.75, 3.05) is 13.2 Å². The molecule has 0 spiro atoms. The maximum atomic E-state index is 12.7. The second-order valence-electron chi connectivity index (χ2n) is 6.54. The summed E-state index contributed by atoms with van der Waals surface area (Å²) in [4.78, 5) is 37.9. The molecule has 1 aromatic carbocycles. The molecule has 0 radical (unpaired) electrons. The molecule has 6 nitrogen and oxygen atoms in total. The van der Waals surface area contributed by atoms with Crippen LogP contribution < -0.4 is 0 Å². The number of ketones is 1. The molecule has 142 valence electrons. The van der Waals surface area contributed by atoms with Crippen molar-refractivity contribution in [1.29, 1.82) is 0 Å². The molecule has 4 unspecified atom stereocenters. The van der Waals surface area contributed by atoms with Crippen molar-refractivity contribution in [3.8, 4) is 0 Å². The monoisotopic (exact) mass is 474 g/mol. The molecule has 0 amide bonds. The Labute approximate surface area is 166 Å². The molecule has 1 aliphatic carbocycles. The van der Waals surface area contributed by atoms with E-state index in [2.05, 4.69) is 22.6 Å². The van der Waals surface area contributed by atoms with Gasteiger partial charge in [-0.25, -0.2) is 0 Å².